The molecule has 2 aromatic rings. The van der Waals surface area contributed by atoms with Gasteiger partial charge in [-0.25, -0.2) is 9.59 Å². The summed E-state index contributed by atoms with van der Waals surface area (Å²) in [5.41, 5.74) is -3.99. The fourth-order valence-electron chi connectivity index (χ4n) is 2.38. The van der Waals surface area contributed by atoms with Crippen LogP contribution in [0.4, 0.5) is 13.2 Å². The van der Waals surface area contributed by atoms with Crippen molar-refractivity contribution >= 4 is 5.97 Å². The molecule has 6 nitrogen and oxygen atoms in total. The highest BCUT2D eigenvalue weighted by molar-refractivity contribution is 5.86. The molecule has 0 amide bonds. The number of rotatable bonds is 4. The van der Waals surface area contributed by atoms with E-state index in [1.165, 1.54) is 12.1 Å². The molecule has 25 heavy (non-hydrogen) atoms. The zero-order valence-corrected chi connectivity index (χ0v) is 13.4. The standard InChI is InChI=1S/C16H15F3N2O4/c1-9(2)20-8-11(14(23)24)13(22)21(15(20)25)7-10-5-3-4-6-12(10)16(17,18)19/h3-6,8-9H,7H2,1-2H3,(H,23,24). The van der Waals surface area contributed by atoms with Crippen molar-refractivity contribution in [1.29, 1.82) is 0 Å². The van der Waals surface area contributed by atoms with Gasteiger partial charge in [0, 0.05) is 12.2 Å². The van der Waals surface area contributed by atoms with Crippen LogP contribution in [0.25, 0.3) is 0 Å². The van der Waals surface area contributed by atoms with Crippen LogP contribution in [0.15, 0.2) is 40.1 Å². The molecule has 1 aromatic heterocycles. The van der Waals surface area contributed by atoms with Gasteiger partial charge < -0.3 is 5.11 Å². The number of benzene rings is 1. The number of alkyl halides is 3. The number of aromatic nitrogens is 2. The zero-order valence-electron chi connectivity index (χ0n) is 13.4. The van der Waals surface area contributed by atoms with Crippen LogP contribution in [-0.4, -0.2) is 20.2 Å². The van der Waals surface area contributed by atoms with Crippen LogP contribution in [-0.2, 0) is 12.7 Å². The Bertz CT molecular complexity index is 926. The van der Waals surface area contributed by atoms with Gasteiger partial charge in [-0.2, -0.15) is 13.2 Å². The molecule has 0 aliphatic carbocycles. The first kappa shape index (κ1) is 18.5. The number of hydrogen-bond donors (Lipinski definition) is 1. The van der Waals surface area contributed by atoms with Gasteiger partial charge >= 0.3 is 17.8 Å². The highest BCUT2D eigenvalue weighted by Gasteiger charge is 2.33. The maximum absolute atomic E-state index is 13.1. The average molecular weight is 356 g/mol. The topological polar surface area (TPSA) is 81.3 Å². The number of nitrogens with zero attached hydrogens (tertiary/aromatic N) is 2. The molecule has 0 spiro atoms. The Morgan fingerprint density at radius 3 is 2.32 bits per heavy atom. The summed E-state index contributed by atoms with van der Waals surface area (Å²) < 4.78 is 40.8. The first-order valence-corrected chi connectivity index (χ1v) is 7.28. The molecule has 0 radical (unpaired) electrons. The lowest BCUT2D eigenvalue weighted by Crippen LogP contribution is -2.43. The summed E-state index contributed by atoms with van der Waals surface area (Å²) in [7, 11) is 0. The maximum Gasteiger partial charge on any atom is 0.416 e. The number of halogens is 3. The number of carbonyl (C=O) groups is 1. The molecule has 0 bridgehead atoms. The minimum atomic E-state index is -4.67. The highest BCUT2D eigenvalue weighted by Crippen LogP contribution is 2.31. The van der Waals surface area contributed by atoms with Crippen molar-refractivity contribution in [3.63, 3.8) is 0 Å². The monoisotopic (exact) mass is 356 g/mol. The quantitative estimate of drug-likeness (QED) is 0.912. The van der Waals surface area contributed by atoms with Crippen LogP contribution in [0, 0.1) is 0 Å². The highest BCUT2D eigenvalue weighted by atomic mass is 19.4. The van der Waals surface area contributed by atoms with E-state index in [1.54, 1.807) is 13.8 Å². The molecule has 0 unspecified atom stereocenters. The normalized spacial score (nSPS) is 11.8. The van der Waals surface area contributed by atoms with Crippen LogP contribution in [0.5, 0.6) is 0 Å². The molecule has 0 saturated carbocycles. The lowest BCUT2D eigenvalue weighted by molar-refractivity contribution is -0.138. The van der Waals surface area contributed by atoms with E-state index in [1.807, 2.05) is 0 Å². The van der Waals surface area contributed by atoms with Gasteiger partial charge in [0.2, 0.25) is 0 Å². The van der Waals surface area contributed by atoms with Crippen molar-refractivity contribution in [2.75, 3.05) is 0 Å². The molecule has 1 heterocycles. The van der Waals surface area contributed by atoms with E-state index < -0.39 is 47.1 Å². The van der Waals surface area contributed by atoms with Crippen LogP contribution in [0.1, 0.15) is 41.4 Å². The smallest absolute Gasteiger partial charge is 0.416 e. The van der Waals surface area contributed by atoms with Crippen molar-refractivity contribution in [2.24, 2.45) is 0 Å². The fraction of sp³-hybridized carbons (Fsp3) is 0.312. The SMILES string of the molecule is CC(C)n1cc(C(=O)O)c(=O)n(Cc2ccccc2C(F)(F)F)c1=O. The molecular formula is C16H15F3N2O4. The van der Waals surface area contributed by atoms with Crippen LogP contribution < -0.4 is 11.2 Å². The van der Waals surface area contributed by atoms with Crippen molar-refractivity contribution in [3.05, 3.63) is 68.0 Å². The minimum Gasteiger partial charge on any atom is -0.477 e. The fourth-order valence-corrected chi connectivity index (χ4v) is 2.38. The van der Waals surface area contributed by atoms with Gasteiger partial charge in [-0.15, -0.1) is 0 Å². The molecule has 1 N–H and O–H groups in total. The third-order valence-electron chi connectivity index (χ3n) is 3.63. The van der Waals surface area contributed by atoms with E-state index in [0.29, 0.717) is 4.57 Å². The molecule has 0 aliphatic heterocycles. The molecule has 0 saturated heterocycles. The molecule has 9 heteroatoms. The second kappa shape index (κ2) is 6.58. The molecule has 134 valence electrons. The van der Waals surface area contributed by atoms with Crippen LogP contribution in [0.3, 0.4) is 0 Å². The number of carboxylic acids is 1. The summed E-state index contributed by atoms with van der Waals surface area (Å²) in [6.07, 6.45) is -3.76. The van der Waals surface area contributed by atoms with Gasteiger partial charge in [0.25, 0.3) is 5.56 Å². The zero-order chi connectivity index (χ0) is 18.9. The first-order valence-electron chi connectivity index (χ1n) is 7.28. The second-order valence-corrected chi connectivity index (χ2v) is 5.68. The van der Waals surface area contributed by atoms with E-state index >= 15 is 0 Å². The van der Waals surface area contributed by atoms with E-state index in [0.717, 1.165) is 22.9 Å². The lowest BCUT2D eigenvalue weighted by atomic mass is 10.1. The largest absolute Gasteiger partial charge is 0.477 e. The summed E-state index contributed by atoms with van der Waals surface area (Å²) in [5, 5.41) is 9.13. The van der Waals surface area contributed by atoms with Gasteiger partial charge in [0.15, 0.2) is 0 Å². The predicted molar refractivity (Wildman–Crippen MR) is 82.9 cm³/mol. The molecular weight excluding hydrogens is 341 g/mol. The second-order valence-electron chi connectivity index (χ2n) is 5.68. The number of carboxylic acid groups (broad SMARTS) is 1. The lowest BCUT2D eigenvalue weighted by Gasteiger charge is -2.16. The Balaban J connectivity index is 2.72. The van der Waals surface area contributed by atoms with E-state index in [-0.39, 0.29) is 5.56 Å². The van der Waals surface area contributed by atoms with Gasteiger partial charge in [0.1, 0.15) is 5.56 Å². The van der Waals surface area contributed by atoms with E-state index in [2.05, 4.69) is 0 Å². The van der Waals surface area contributed by atoms with Gasteiger partial charge in [-0.1, -0.05) is 18.2 Å². The average Bonchev–Trinajstić information content (AvgIpc) is 2.50. The van der Waals surface area contributed by atoms with Gasteiger partial charge in [-0.3, -0.25) is 13.9 Å². The summed E-state index contributed by atoms with van der Waals surface area (Å²) in [6.45, 7) is 2.50. The Morgan fingerprint density at radius 2 is 1.80 bits per heavy atom. The molecule has 0 aliphatic rings. The van der Waals surface area contributed by atoms with Gasteiger partial charge in [0.05, 0.1) is 12.1 Å². The molecule has 0 atom stereocenters. The third kappa shape index (κ3) is 3.65. The van der Waals surface area contributed by atoms with Crippen molar-refractivity contribution < 1.29 is 23.1 Å². The molecule has 0 fully saturated rings. The maximum atomic E-state index is 13.1. The number of aromatic carboxylic acids is 1. The first-order chi connectivity index (χ1) is 11.5. The van der Waals surface area contributed by atoms with Crippen molar-refractivity contribution in [3.8, 4) is 0 Å². The van der Waals surface area contributed by atoms with Crippen LogP contribution >= 0.6 is 0 Å². The van der Waals surface area contributed by atoms with E-state index in [4.69, 9.17) is 5.11 Å². The Hall–Kier alpha value is -2.84. The summed E-state index contributed by atoms with van der Waals surface area (Å²) in [6, 6.07) is 4.03. The Kier molecular flexibility index (Phi) is 4.87. The van der Waals surface area contributed by atoms with Crippen molar-refractivity contribution in [2.45, 2.75) is 32.6 Å². The minimum absolute atomic E-state index is 0.299. The Morgan fingerprint density at radius 1 is 1.20 bits per heavy atom. The van der Waals surface area contributed by atoms with Gasteiger partial charge in [-0.05, 0) is 25.5 Å². The van der Waals surface area contributed by atoms with Crippen LogP contribution in [0.2, 0.25) is 0 Å². The Labute approximate surface area is 139 Å². The van der Waals surface area contributed by atoms with E-state index in [9.17, 15) is 27.6 Å². The predicted octanol–water partition coefficient (Wildman–Crippen LogP) is 2.36. The summed E-state index contributed by atoms with van der Waals surface area (Å²) >= 11 is 0. The summed E-state index contributed by atoms with van der Waals surface area (Å²) in [5.74, 6) is -1.56. The molecule has 1 aromatic carbocycles. The van der Waals surface area contributed by atoms with Crippen molar-refractivity contribution in [1.82, 2.24) is 9.13 Å². The third-order valence-corrected chi connectivity index (χ3v) is 3.63. The number of hydrogen-bond acceptors (Lipinski definition) is 3. The molecule has 2 rings (SSSR count). The summed E-state index contributed by atoms with van der Waals surface area (Å²) in [4.78, 5) is 35.9.